The first-order valence-corrected chi connectivity index (χ1v) is 6.78. The third-order valence-electron chi connectivity index (χ3n) is 2.65. The van der Waals surface area contributed by atoms with Gasteiger partial charge in [0.25, 0.3) is 0 Å². The first-order chi connectivity index (χ1) is 8.67. The minimum atomic E-state index is 0.0231. The molecule has 1 aromatic rings. The molecule has 0 radical (unpaired) electrons. The number of halogens is 1. The van der Waals surface area contributed by atoms with E-state index in [0.717, 1.165) is 12.3 Å². The lowest BCUT2D eigenvalue weighted by molar-refractivity contribution is 0.0730. The zero-order valence-corrected chi connectivity index (χ0v) is 12.0. The molecule has 1 rings (SSSR count). The van der Waals surface area contributed by atoms with E-state index in [4.69, 9.17) is 21.1 Å². The third kappa shape index (κ3) is 5.25. The van der Waals surface area contributed by atoms with Gasteiger partial charge in [0, 0.05) is 11.6 Å². The Morgan fingerprint density at radius 1 is 1.33 bits per heavy atom. The fourth-order valence-corrected chi connectivity index (χ4v) is 1.88. The van der Waals surface area contributed by atoms with E-state index in [2.05, 4.69) is 12.2 Å². The highest BCUT2D eigenvalue weighted by Crippen LogP contribution is 2.19. The number of benzene rings is 1. The summed E-state index contributed by atoms with van der Waals surface area (Å²) in [6.45, 7) is 8.35. The van der Waals surface area contributed by atoms with Crippen LogP contribution in [0.4, 0.5) is 0 Å². The van der Waals surface area contributed by atoms with Crippen LogP contribution in [0.15, 0.2) is 24.3 Å². The zero-order chi connectivity index (χ0) is 13.4. The first kappa shape index (κ1) is 15.3. The summed E-state index contributed by atoms with van der Waals surface area (Å²) in [5.41, 5.74) is 0. The van der Waals surface area contributed by atoms with E-state index in [1.807, 2.05) is 38.1 Å². The Kier molecular flexibility index (Phi) is 7.09. The van der Waals surface area contributed by atoms with Gasteiger partial charge < -0.3 is 14.8 Å². The smallest absolute Gasteiger partial charge is 0.121 e. The van der Waals surface area contributed by atoms with Gasteiger partial charge >= 0.3 is 0 Å². The van der Waals surface area contributed by atoms with Crippen LogP contribution >= 0.6 is 11.6 Å². The first-order valence-electron chi connectivity index (χ1n) is 6.40. The summed E-state index contributed by atoms with van der Waals surface area (Å²) in [4.78, 5) is 0. The quantitative estimate of drug-likeness (QED) is 0.788. The molecule has 0 aliphatic carbocycles. The lowest BCUT2D eigenvalue weighted by atomic mass is 10.2. The molecule has 0 heterocycles. The number of rotatable bonds is 8. The van der Waals surface area contributed by atoms with Crippen molar-refractivity contribution in [2.24, 2.45) is 0 Å². The molecule has 0 aromatic heterocycles. The molecule has 0 spiro atoms. The molecule has 2 unspecified atom stereocenters. The van der Waals surface area contributed by atoms with Crippen LogP contribution in [0.25, 0.3) is 0 Å². The molecule has 0 amide bonds. The van der Waals surface area contributed by atoms with Crippen molar-refractivity contribution in [3.8, 4) is 5.75 Å². The van der Waals surface area contributed by atoms with Crippen molar-refractivity contribution in [2.45, 2.75) is 32.9 Å². The molecule has 1 N–H and O–H groups in total. The lowest BCUT2D eigenvalue weighted by Crippen LogP contribution is -2.44. The van der Waals surface area contributed by atoms with Crippen LogP contribution < -0.4 is 10.1 Å². The molecular weight excluding hydrogens is 250 g/mol. The number of likely N-dealkylation sites (N-methyl/N-ethyl adjacent to an activating group) is 1. The van der Waals surface area contributed by atoms with Crippen LogP contribution in [0.5, 0.6) is 5.75 Å². The van der Waals surface area contributed by atoms with Crippen molar-refractivity contribution < 1.29 is 9.47 Å². The Morgan fingerprint density at radius 3 is 2.72 bits per heavy atom. The molecule has 0 saturated carbocycles. The predicted molar refractivity (Wildman–Crippen MR) is 75.5 cm³/mol. The highest BCUT2D eigenvalue weighted by molar-refractivity contribution is 6.30. The van der Waals surface area contributed by atoms with E-state index in [-0.39, 0.29) is 12.1 Å². The average Bonchev–Trinajstić information content (AvgIpc) is 2.34. The van der Waals surface area contributed by atoms with Gasteiger partial charge in [-0.15, -0.1) is 0 Å². The van der Waals surface area contributed by atoms with Crippen molar-refractivity contribution in [3.63, 3.8) is 0 Å². The Bertz CT molecular complexity index is 346. The zero-order valence-electron chi connectivity index (χ0n) is 11.3. The number of hydrogen-bond donors (Lipinski definition) is 1. The van der Waals surface area contributed by atoms with Gasteiger partial charge in [-0.3, -0.25) is 0 Å². The standard InChI is InChI=1S/C14H22ClNO2/c1-4-16-14(10-17-5-2)11(3)18-13-8-6-7-12(15)9-13/h6-9,11,14,16H,4-5,10H2,1-3H3. The Morgan fingerprint density at radius 2 is 2.11 bits per heavy atom. The van der Waals surface area contributed by atoms with Gasteiger partial charge in [-0.25, -0.2) is 0 Å². The van der Waals surface area contributed by atoms with Crippen molar-refractivity contribution in [1.82, 2.24) is 5.32 Å². The fourth-order valence-electron chi connectivity index (χ4n) is 1.70. The number of nitrogens with one attached hydrogen (secondary N) is 1. The van der Waals surface area contributed by atoms with Gasteiger partial charge in [-0.1, -0.05) is 24.6 Å². The van der Waals surface area contributed by atoms with Crippen molar-refractivity contribution in [1.29, 1.82) is 0 Å². The maximum atomic E-state index is 5.93. The van der Waals surface area contributed by atoms with E-state index in [1.165, 1.54) is 0 Å². The van der Waals surface area contributed by atoms with E-state index >= 15 is 0 Å². The van der Waals surface area contributed by atoms with Crippen LogP contribution in [0.2, 0.25) is 5.02 Å². The molecule has 4 heteroatoms. The molecule has 0 fully saturated rings. The molecule has 0 saturated heterocycles. The van der Waals surface area contributed by atoms with Gasteiger partial charge in [0.05, 0.1) is 12.6 Å². The van der Waals surface area contributed by atoms with Crippen LogP contribution in [0, 0.1) is 0 Å². The Labute approximate surface area is 114 Å². The van der Waals surface area contributed by atoms with Crippen molar-refractivity contribution in [3.05, 3.63) is 29.3 Å². The predicted octanol–water partition coefficient (Wildman–Crippen LogP) is 3.12. The van der Waals surface area contributed by atoms with Crippen molar-refractivity contribution in [2.75, 3.05) is 19.8 Å². The summed E-state index contributed by atoms with van der Waals surface area (Å²) < 4.78 is 11.3. The second kappa shape index (κ2) is 8.35. The molecule has 0 aliphatic rings. The molecular formula is C14H22ClNO2. The maximum absolute atomic E-state index is 5.93. The van der Waals surface area contributed by atoms with E-state index < -0.39 is 0 Å². The van der Waals surface area contributed by atoms with Gasteiger partial charge in [0.15, 0.2) is 0 Å². The van der Waals surface area contributed by atoms with Crippen LogP contribution in [-0.4, -0.2) is 31.9 Å². The minimum Gasteiger partial charge on any atom is -0.489 e. The summed E-state index contributed by atoms with van der Waals surface area (Å²) in [7, 11) is 0. The highest BCUT2D eigenvalue weighted by Gasteiger charge is 2.18. The summed E-state index contributed by atoms with van der Waals surface area (Å²) in [6.07, 6.45) is 0.0231. The lowest BCUT2D eigenvalue weighted by Gasteiger charge is -2.25. The normalized spacial score (nSPS) is 14.2. The second-order valence-corrected chi connectivity index (χ2v) is 4.54. The molecule has 1 aromatic carbocycles. The molecule has 3 nitrogen and oxygen atoms in total. The fraction of sp³-hybridized carbons (Fsp3) is 0.571. The minimum absolute atomic E-state index is 0.0231. The largest absolute Gasteiger partial charge is 0.489 e. The molecule has 18 heavy (non-hydrogen) atoms. The maximum Gasteiger partial charge on any atom is 0.121 e. The van der Waals surface area contributed by atoms with E-state index in [0.29, 0.717) is 18.2 Å². The van der Waals surface area contributed by atoms with Gasteiger partial charge in [-0.05, 0) is 38.6 Å². The monoisotopic (exact) mass is 271 g/mol. The van der Waals surface area contributed by atoms with Crippen LogP contribution in [0.3, 0.4) is 0 Å². The number of hydrogen-bond acceptors (Lipinski definition) is 3. The number of ether oxygens (including phenoxy) is 2. The third-order valence-corrected chi connectivity index (χ3v) is 2.89. The molecule has 0 bridgehead atoms. The van der Waals surface area contributed by atoms with Crippen LogP contribution in [0.1, 0.15) is 20.8 Å². The van der Waals surface area contributed by atoms with Gasteiger partial charge in [0.1, 0.15) is 11.9 Å². The van der Waals surface area contributed by atoms with E-state index in [1.54, 1.807) is 0 Å². The highest BCUT2D eigenvalue weighted by atomic mass is 35.5. The summed E-state index contributed by atoms with van der Waals surface area (Å²) in [5.74, 6) is 0.786. The molecule has 102 valence electrons. The molecule has 2 atom stereocenters. The topological polar surface area (TPSA) is 30.5 Å². The van der Waals surface area contributed by atoms with Crippen LogP contribution in [-0.2, 0) is 4.74 Å². The SMILES string of the molecule is CCNC(COCC)C(C)Oc1cccc(Cl)c1. The summed E-state index contributed by atoms with van der Waals surface area (Å²) >= 11 is 5.93. The summed E-state index contributed by atoms with van der Waals surface area (Å²) in [5, 5.41) is 4.05. The Balaban J connectivity index is 2.56. The van der Waals surface area contributed by atoms with E-state index in [9.17, 15) is 0 Å². The van der Waals surface area contributed by atoms with Gasteiger partial charge in [0.2, 0.25) is 0 Å². The average molecular weight is 272 g/mol. The summed E-state index contributed by atoms with van der Waals surface area (Å²) in [6, 6.07) is 7.62. The van der Waals surface area contributed by atoms with Gasteiger partial charge in [-0.2, -0.15) is 0 Å². The molecule has 0 aliphatic heterocycles. The van der Waals surface area contributed by atoms with Crippen molar-refractivity contribution >= 4 is 11.6 Å². The second-order valence-electron chi connectivity index (χ2n) is 4.10. The Hall–Kier alpha value is -0.770.